The predicted octanol–water partition coefficient (Wildman–Crippen LogP) is 6.88. The molecule has 0 saturated carbocycles. The molecule has 1 fully saturated rings. The number of aliphatic imine (C=N–C) groups is 1. The lowest BCUT2D eigenvalue weighted by atomic mass is 10.1. The molecular formula is C29H27N3O2S. The minimum absolute atomic E-state index is 0.0141. The Balaban J connectivity index is 1.52. The molecule has 0 unspecified atom stereocenters. The number of hydrogen-bond acceptors (Lipinski definition) is 4. The van der Waals surface area contributed by atoms with Crippen LogP contribution in [-0.2, 0) is 4.79 Å². The van der Waals surface area contributed by atoms with Crippen LogP contribution in [0.2, 0.25) is 0 Å². The number of aryl methyl sites for hydroxylation is 1. The van der Waals surface area contributed by atoms with Crippen molar-refractivity contribution in [3.63, 3.8) is 0 Å². The molecule has 0 spiro atoms. The third-order valence-electron chi connectivity index (χ3n) is 6.27. The van der Waals surface area contributed by atoms with E-state index in [9.17, 15) is 4.79 Å². The number of carbonyl (C=O) groups excluding carboxylic acids is 1. The van der Waals surface area contributed by atoms with Gasteiger partial charge >= 0.3 is 0 Å². The molecule has 0 aliphatic carbocycles. The van der Waals surface area contributed by atoms with Crippen LogP contribution in [0.25, 0.3) is 22.5 Å². The monoisotopic (exact) mass is 481 g/mol. The molecule has 2 heterocycles. The fourth-order valence-electron chi connectivity index (χ4n) is 4.49. The maximum Gasteiger partial charge on any atom is 0.266 e. The smallest absolute Gasteiger partial charge is 0.266 e. The first kappa shape index (κ1) is 23.0. The van der Waals surface area contributed by atoms with Crippen LogP contribution in [-0.4, -0.2) is 34.2 Å². The van der Waals surface area contributed by atoms with E-state index in [0.717, 1.165) is 34.1 Å². The molecule has 4 aromatic rings. The minimum Gasteiger partial charge on any atom is -0.497 e. The second-order valence-electron chi connectivity index (χ2n) is 8.41. The first-order valence-corrected chi connectivity index (χ1v) is 12.4. The first-order chi connectivity index (χ1) is 17.0. The molecular weight excluding hydrogens is 454 g/mol. The van der Waals surface area contributed by atoms with Crippen LogP contribution in [0.3, 0.4) is 0 Å². The molecule has 1 aromatic heterocycles. The topological polar surface area (TPSA) is 46.8 Å². The summed E-state index contributed by atoms with van der Waals surface area (Å²) in [4.78, 5) is 20.4. The highest BCUT2D eigenvalue weighted by Crippen LogP contribution is 2.36. The number of amides is 1. The third-order valence-corrected chi connectivity index (χ3v) is 7.27. The summed E-state index contributed by atoms with van der Waals surface area (Å²) in [7, 11) is 1.64. The Morgan fingerprint density at radius 1 is 1.00 bits per heavy atom. The zero-order chi connectivity index (χ0) is 24.5. The lowest BCUT2D eigenvalue weighted by Gasteiger charge is -2.13. The molecule has 6 heteroatoms. The summed E-state index contributed by atoms with van der Waals surface area (Å²) in [6, 6.07) is 24.5. The number of methoxy groups -OCH3 is 1. The van der Waals surface area contributed by atoms with Crippen molar-refractivity contribution in [2.24, 2.45) is 4.99 Å². The second-order valence-corrected chi connectivity index (χ2v) is 9.42. The van der Waals surface area contributed by atoms with Gasteiger partial charge in [-0.1, -0.05) is 36.4 Å². The minimum atomic E-state index is -0.0141. The van der Waals surface area contributed by atoms with E-state index in [2.05, 4.69) is 66.9 Å². The van der Waals surface area contributed by atoms with Gasteiger partial charge in [-0.2, -0.15) is 0 Å². The van der Waals surface area contributed by atoms with Gasteiger partial charge in [0.1, 0.15) is 5.75 Å². The van der Waals surface area contributed by atoms with Crippen molar-refractivity contribution in [2.75, 3.05) is 13.7 Å². The molecule has 0 radical (unpaired) electrons. The Hall–Kier alpha value is -3.77. The molecule has 1 saturated heterocycles. The quantitative estimate of drug-likeness (QED) is 0.292. The highest BCUT2D eigenvalue weighted by molar-refractivity contribution is 8.18. The van der Waals surface area contributed by atoms with Crippen LogP contribution < -0.4 is 4.74 Å². The summed E-state index contributed by atoms with van der Waals surface area (Å²) in [5.74, 6) is 0.762. The SMILES string of the molecule is CCN1C(=O)/C(=C\c2cc(C)n(-c3cccc4ccccc34)c2C)SC1=Nc1ccc(OC)cc1. The van der Waals surface area contributed by atoms with E-state index in [4.69, 9.17) is 9.73 Å². The van der Waals surface area contributed by atoms with Crippen molar-refractivity contribution in [3.05, 3.63) is 94.7 Å². The Morgan fingerprint density at radius 2 is 1.74 bits per heavy atom. The Morgan fingerprint density at radius 3 is 2.49 bits per heavy atom. The lowest BCUT2D eigenvalue weighted by molar-refractivity contribution is -0.122. The molecule has 1 aliphatic rings. The average molecular weight is 482 g/mol. The molecule has 0 N–H and O–H groups in total. The van der Waals surface area contributed by atoms with Crippen LogP contribution in [0.4, 0.5) is 5.69 Å². The molecule has 0 bridgehead atoms. The van der Waals surface area contributed by atoms with Gasteiger partial charge < -0.3 is 9.30 Å². The van der Waals surface area contributed by atoms with Crippen LogP contribution in [0.5, 0.6) is 5.75 Å². The summed E-state index contributed by atoms with van der Waals surface area (Å²) in [6.45, 7) is 6.75. The lowest BCUT2D eigenvalue weighted by Crippen LogP contribution is -2.28. The Bertz CT molecular complexity index is 1480. The van der Waals surface area contributed by atoms with E-state index >= 15 is 0 Å². The maximum absolute atomic E-state index is 13.2. The van der Waals surface area contributed by atoms with Gasteiger partial charge in [-0.15, -0.1) is 0 Å². The Kier molecular flexibility index (Phi) is 6.22. The largest absolute Gasteiger partial charge is 0.497 e. The fraction of sp³-hybridized carbons (Fsp3) is 0.172. The molecule has 35 heavy (non-hydrogen) atoms. The number of carbonyl (C=O) groups is 1. The molecule has 1 aliphatic heterocycles. The molecule has 1 amide bonds. The normalized spacial score (nSPS) is 16.1. The highest BCUT2D eigenvalue weighted by atomic mass is 32.2. The van der Waals surface area contributed by atoms with Crippen LogP contribution in [0.15, 0.2) is 82.7 Å². The second kappa shape index (κ2) is 9.47. The van der Waals surface area contributed by atoms with Crippen molar-refractivity contribution < 1.29 is 9.53 Å². The fourth-order valence-corrected chi connectivity index (χ4v) is 5.54. The summed E-state index contributed by atoms with van der Waals surface area (Å²) < 4.78 is 7.50. The van der Waals surface area contributed by atoms with Gasteiger partial charge in [-0.05, 0) is 86.0 Å². The third kappa shape index (κ3) is 4.26. The van der Waals surface area contributed by atoms with Crippen LogP contribution >= 0.6 is 11.8 Å². The molecule has 5 rings (SSSR count). The number of benzene rings is 3. The van der Waals surface area contributed by atoms with E-state index in [1.165, 1.54) is 22.5 Å². The summed E-state index contributed by atoms with van der Waals surface area (Å²) in [6.07, 6.45) is 2.00. The molecule has 0 atom stereocenters. The van der Waals surface area contributed by atoms with Crippen molar-refractivity contribution in [2.45, 2.75) is 20.8 Å². The molecule has 176 valence electrons. The van der Waals surface area contributed by atoms with Crippen molar-refractivity contribution >= 4 is 45.4 Å². The highest BCUT2D eigenvalue weighted by Gasteiger charge is 2.32. The van der Waals surface area contributed by atoms with Gasteiger partial charge in [-0.3, -0.25) is 9.69 Å². The first-order valence-electron chi connectivity index (χ1n) is 11.6. The number of aromatic nitrogens is 1. The summed E-state index contributed by atoms with van der Waals surface area (Å²) >= 11 is 1.42. The van der Waals surface area contributed by atoms with Gasteiger partial charge in [0, 0.05) is 23.3 Å². The van der Waals surface area contributed by atoms with Gasteiger partial charge in [0.15, 0.2) is 5.17 Å². The van der Waals surface area contributed by atoms with Gasteiger partial charge in [0.25, 0.3) is 5.91 Å². The number of amidine groups is 1. The zero-order valence-electron chi connectivity index (χ0n) is 20.3. The van der Waals surface area contributed by atoms with E-state index in [-0.39, 0.29) is 5.91 Å². The van der Waals surface area contributed by atoms with Crippen LogP contribution in [0.1, 0.15) is 23.9 Å². The number of hydrogen-bond donors (Lipinski definition) is 0. The zero-order valence-corrected chi connectivity index (χ0v) is 21.1. The number of likely N-dealkylation sites (N-methyl/N-ethyl adjacent to an activating group) is 1. The predicted molar refractivity (Wildman–Crippen MR) is 146 cm³/mol. The van der Waals surface area contributed by atoms with Crippen LogP contribution in [0, 0.1) is 13.8 Å². The number of thioether (sulfide) groups is 1. The summed E-state index contributed by atoms with van der Waals surface area (Å²) in [5, 5.41) is 3.10. The number of nitrogens with zero attached hydrogens (tertiary/aromatic N) is 3. The maximum atomic E-state index is 13.2. The average Bonchev–Trinajstić information content (AvgIpc) is 3.32. The summed E-state index contributed by atoms with van der Waals surface area (Å²) in [5.41, 5.74) is 5.19. The van der Waals surface area contributed by atoms with Gasteiger partial charge in [-0.25, -0.2) is 4.99 Å². The molecule has 5 nitrogen and oxygen atoms in total. The number of fused-ring (bicyclic) bond motifs is 1. The van der Waals surface area contributed by atoms with Crippen molar-refractivity contribution in [3.8, 4) is 11.4 Å². The number of ether oxygens (including phenoxy) is 1. The standard InChI is InChI=1S/C29H27N3O2S/c1-5-31-28(33)27(35-29(31)30-23-13-15-24(34-4)16-14-23)18-22-17-19(2)32(20(22)3)26-12-8-10-21-9-6-7-11-25(21)26/h6-18H,5H2,1-4H3/b27-18+,30-29?. The van der Waals surface area contributed by atoms with E-state index < -0.39 is 0 Å². The van der Waals surface area contributed by atoms with E-state index in [1.807, 2.05) is 37.3 Å². The number of rotatable bonds is 5. The van der Waals surface area contributed by atoms with Crippen molar-refractivity contribution in [1.82, 2.24) is 9.47 Å². The van der Waals surface area contributed by atoms with Crippen molar-refractivity contribution in [1.29, 1.82) is 0 Å². The van der Waals surface area contributed by atoms with Gasteiger partial charge in [0.05, 0.1) is 23.4 Å². The van der Waals surface area contributed by atoms with E-state index in [0.29, 0.717) is 16.6 Å². The Labute approximate surface area is 209 Å². The van der Waals surface area contributed by atoms with E-state index in [1.54, 1.807) is 12.0 Å². The van der Waals surface area contributed by atoms with Gasteiger partial charge in [0.2, 0.25) is 0 Å². The molecule has 3 aromatic carbocycles.